The summed E-state index contributed by atoms with van der Waals surface area (Å²) < 4.78 is 4.94. The maximum atomic E-state index is 5.18. The van der Waals surface area contributed by atoms with Gasteiger partial charge in [-0.3, -0.25) is 0 Å². The lowest BCUT2D eigenvalue weighted by molar-refractivity contribution is 0.204. The molecule has 1 atom stereocenters. The maximum Gasteiger partial charge on any atom is 0.166 e. The van der Waals surface area contributed by atoms with E-state index in [1.807, 2.05) is 6.20 Å². The van der Waals surface area contributed by atoms with Crippen LogP contribution in [-0.2, 0) is 11.2 Å². The Morgan fingerprint density at radius 1 is 1.65 bits per heavy atom. The summed E-state index contributed by atoms with van der Waals surface area (Å²) in [5.74, 6) is 0. The number of methoxy groups -OCH3 is 1. The molecule has 1 heterocycles. The minimum Gasteiger partial charge on any atom is -0.383 e. The molecule has 4 nitrogen and oxygen atoms in total. The van der Waals surface area contributed by atoms with E-state index in [2.05, 4.69) is 29.5 Å². The summed E-state index contributed by atoms with van der Waals surface area (Å²) in [6.45, 7) is 5.55. The van der Waals surface area contributed by atoms with Gasteiger partial charge in [0, 0.05) is 24.7 Å². The number of rotatable bonds is 6. The molecule has 1 aromatic rings. The van der Waals surface area contributed by atoms with Crippen LogP contribution in [0.5, 0.6) is 0 Å². The molecule has 2 N–H and O–H groups in total. The van der Waals surface area contributed by atoms with E-state index in [1.165, 1.54) is 4.88 Å². The first-order valence-corrected chi connectivity index (χ1v) is 6.87. The molecule has 6 heteroatoms. The zero-order valence-corrected chi connectivity index (χ0v) is 12.1. The fourth-order valence-electron chi connectivity index (χ4n) is 1.26. The molecule has 0 amide bonds. The summed E-state index contributed by atoms with van der Waals surface area (Å²) in [7, 11) is 1.67. The van der Waals surface area contributed by atoms with Gasteiger partial charge >= 0.3 is 0 Å². The van der Waals surface area contributed by atoms with E-state index in [1.54, 1.807) is 18.4 Å². The molecule has 0 saturated heterocycles. The van der Waals surface area contributed by atoms with Crippen LogP contribution in [0, 0.1) is 0 Å². The van der Waals surface area contributed by atoms with Crippen molar-refractivity contribution in [2.24, 2.45) is 0 Å². The predicted molar refractivity (Wildman–Crippen MR) is 75.5 cm³/mol. The zero-order chi connectivity index (χ0) is 12.7. The highest BCUT2D eigenvalue weighted by Crippen LogP contribution is 2.19. The van der Waals surface area contributed by atoms with Crippen LogP contribution in [0.2, 0.25) is 0 Å². The monoisotopic (exact) mass is 273 g/mol. The Labute approximate surface area is 112 Å². The second kappa shape index (κ2) is 7.58. The fourth-order valence-corrected chi connectivity index (χ4v) is 2.40. The van der Waals surface area contributed by atoms with Crippen LogP contribution >= 0.6 is 23.6 Å². The first-order valence-electron chi connectivity index (χ1n) is 5.65. The lowest BCUT2D eigenvalue weighted by Gasteiger charge is -2.14. The maximum absolute atomic E-state index is 5.18. The smallest absolute Gasteiger partial charge is 0.166 e. The lowest BCUT2D eigenvalue weighted by atomic mass is 10.3. The third kappa shape index (κ3) is 4.97. The minimum atomic E-state index is 0.142. The number of nitrogens with one attached hydrogen (secondary N) is 2. The summed E-state index contributed by atoms with van der Waals surface area (Å²) >= 11 is 6.90. The molecule has 0 saturated carbocycles. The standard InChI is InChI=1S/C11H19N3OS2/c1-4-9-7-13-10(17-9)8(2)14-11(16)12-5-6-15-3/h7-8H,4-6H2,1-3H3,(H2,12,14,16). The van der Waals surface area contributed by atoms with Gasteiger partial charge in [0.05, 0.1) is 12.6 Å². The number of nitrogens with zero attached hydrogens (tertiary/aromatic N) is 1. The Morgan fingerprint density at radius 3 is 3.00 bits per heavy atom. The molecular formula is C11H19N3OS2. The van der Waals surface area contributed by atoms with Crippen molar-refractivity contribution >= 4 is 28.7 Å². The Balaban J connectivity index is 2.37. The molecule has 0 aliphatic rings. The lowest BCUT2D eigenvalue weighted by Crippen LogP contribution is -2.38. The van der Waals surface area contributed by atoms with Crippen LogP contribution in [-0.4, -0.2) is 30.4 Å². The van der Waals surface area contributed by atoms with Crippen molar-refractivity contribution in [1.82, 2.24) is 15.6 Å². The Bertz CT molecular complexity index is 354. The van der Waals surface area contributed by atoms with Gasteiger partial charge in [0.1, 0.15) is 5.01 Å². The number of thiocarbonyl (C=S) groups is 1. The third-order valence-electron chi connectivity index (χ3n) is 2.23. The minimum absolute atomic E-state index is 0.142. The average molecular weight is 273 g/mol. The van der Waals surface area contributed by atoms with Gasteiger partial charge in [-0.2, -0.15) is 0 Å². The molecule has 0 bridgehead atoms. The second-order valence-electron chi connectivity index (χ2n) is 3.63. The number of hydrogen-bond donors (Lipinski definition) is 2. The van der Waals surface area contributed by atoms with E-state index < -0.39 is 0 Å². The van der Waals surface area contributed by atoms with Crippen LogP contribution in [0.4, 0.5) is 0 Å². The summed E-state index contributed by atoms with van der Waals surface area (Å²) in [6, 6.07) is 0.142. The van der Waals surface area contributed by atoms with Gasteiger partial charge in [0.15, 0.2) is 5.11 Å². The Hall–Kier alpha value is -0.720. The summed E-state index contributed by atoms with van der Waals surface area (Å²) in [4.78, 5) is 5.68. The van der Waals surface area contributed by atoms with E-state index in [-0.39, 0.29) is 6.04 Å². The highest BCUT2D eigenvalue weighted by molar-refractivity contribution is 7.80. The van der Waals surface area contributed by atoms with E-state index in [4.69, 9.17) is 17.0 Å². The normalized spacial score (nSPS) is 12.2. The van der Waals surface area contributed by atoms with Crippen molar-refractivity contribution in [3.63, 3.8) is 0 Å². The average Bonchev–Trinajstić information content (AvgIpc) is 2.78. The van der Waals surface area contributed by atoms with Gasteiger partial charge in [0.2, 0.25) is 0 Å². The van der Waals surface area contributed by atoms with Crippen LogP contribution < -0.4 is 10.6 Å². The van der Waals surface area contributed by atoms with Crippen molar-refractivity contribution in [3.8, 4) is 0 Å². The Kier molecular flexibility index (Phi) is 6.39. The van der Waals surface area contributed by atoms with Gasteiger partial charge in [-0.05, 0) is 25.6 Å². The van der Waals surface area contributed by atoms with Crippen LogP contribution in [0.25, 0.3) is 0 Å². The van der Waals surface area contributed by atoms with Crippen molar-refractivity contribution < 1.29 is 4.74 Å². The van der Waals surface area contributed by atoms with Gasteiger partial charge in [-0.1, -0.05) is 6.92 Å². The number of ether oxygens (including phenoxy) is 1. The van der Waals surface area contributed by atoms with Gasteiger partial charge in [0.25, 0.3) is 0 Å². The van der Waals surface area contributed by atoms with Gasteiger partial charge < -0.3 is 15.4 Å². The van der Waals surface area contributed by atoms with Crippen LogP contribution in [0.1, 0.15) is 29.8 Å². The summed E-state index contributed by atoms with van der Waals surface area (Å²) in [5.41, 5.74) is 0. The zero-order valence-electron chi connectivity index (χ0n) is 10.4. The molecule has 17 heavy (non-hydrogen) atoms. The summed E-state index contributed by atoms with van der Waals surface area (Å²) in [6.07, 6.45) is 2.96. The molecule has 96 valence electrons. The number of aryl methyl sites for hydroxylation is 1. The topological polar surface area (TPSA) is 46.2 Å². The molecule has 0 spiro atoms. The molecule has 1 aromatic heterocycles. The number of thiazole rings is 1. The largest absolute Gasteiger partial charge is 0.383 e. The molecule has 0 aromatic carbocycles. The Morgan fingerprint density at radius 2 is 2.41 bits per heavy atom. The highest BCUT2D eigenvalue weighted by Gasteiger charge is 2.10. The van der Waals surface area contributed by atoms with Crippen molar-refractivity contribution in [3.05, 3.63) is 16.1 Å². The van der Waals surface area contributed by atoms with E-state index >= 15 is 0 Å². The molecule has 1 rings (SSSR count). The molecule has 1 unspecified atom stereocenters. The van der Waals surface area contributed by atoms with E-state index in [0.29, 0.717) is 18.3 Å². The molecule has 0 radical (unpaired) electrons. The van der Waals surface area contributed by atoms with Crippen molar-refractivity contribution in [1.29, 1.82) is 0 Å². The van der Waals surface area contributed by atoms with Crippen molar-refractivity contribution in [2.45, 2.75) is 26.3 Å². The fraction of sp³-hybridized carbons (Fsp3) is 0.636. The third-order valence-corrected chi connectivity index (χ3v) is 3.82. The molecular weight excluding hydrogens is 254 g/mol. The van der Waals surface area contributed by atoms with E-state index in [9.17, 15) is 0 Å². The van der Waals surface area contributed by atoms with Crippen molar-refractivity contribution in [2.75, 3.05) is 20.3 Å². The first-order chi connectivity index (χ1) is 8.17. The number of hydrogen-bond acceptors (Lipinski definition) is 4. The molecule has 0 aliphatic heterocycles. The molecule has 0 fully saturated rings. The first kappa shape index (κ1) is 14.3. The number of aromatic nitrogens is 1. The quantitative estimate of drug-likeness (QED) is 0.612. The summed E-state index contributed by atoms with van der Waals surface area (Å²) in [5, 5.41) is 7.99. The SMILES string of the molecule is CCc1cnc(C(C)NC(=S)NCCOC)s1. The second-order valence-corrected chi connectivity index (χ2v) is 5.19. The van der Waals surface area contributed by atoms with Gasteiger partial charge in [-0.25, -0.2) is 4.98 Å². The highest BCUT2D eigenvalue weighted by atomic mass is 32.1. The van der Waals surface area contributed by atoms with E-state index in [0.717, 1.165) is 11.4 Å². The van der Waals surface area contributed by atoms with Crippen LogP contribution in [0.15, 0.2) is 6.20 Å². The van der Waals surface area contributed by atoms with Crippen LogP contribution in [0.3, 0.4) is 0 Å². The predicted octanol–water partition coefficient (Wildman–Crippen LogP) is 1.88. The molecule has 0 aliphatic carbocycles. The van der Waals surface area contributed by atoms with Gasteiger partial charge in [-0.15, -0.1) is 11.3 Å².